The van der Waals surface area contributed by atoms with Crippen molar-refractivity contribution in [2.24, 2.45) is 11.8 Å². The van der Waals surface area contributed by atoms with E-state index in [-0.39, 0.29) is 17.2 Å². The molecule has 1 aliphatic carbocycles. The molecule has 3 aromatic rings. The summed E-state index contributed by atoms with van der Waals surface area (Å²) in [7, 11) is 0. The van der Waals surface area contributed by atoms with E-state index in [1.165, 1.54) is 41.4 Å². The van der Waals surface area contributed by atoms with Crippen molar-refractivity contribution < 1.29 is 14.0 Å². The summed E-state index contributed by atoms with van der Waals surface area (Å²) in [6, 6.07) is 8.67. The first-order valence-corrected chi connectivity index (χ1v) is 10.4. The van der Waals surface area contributed by atoms with Crippen molar-refractivity contribution in [2.75, 3.05) is 10.6 Å². The zero-order valence-corrected chi connectivity index (χ0v) is 18.1. The lowest BCUT2D eigenvalue weighted by Gasteiger charge is -2.18. The van der Waals surface area contributed by atoms with E-state index < -0.39 is 29.5 Å². The van der Waals surface area contributed by atoms with Crippen LogP contribution in [0, 0.1) is 17.7 Å². The van der Waals surface area contributed by atoms with E-state index >= 15 is 0 Å². The van der Waals surface area contributed by atoms with Crippen LogP contribution in [-0.4, -0.2) is 26.3 Å². The van der Waals surface area contributed by atoms with Crippen LogP contribution in [0.1, 0.15) is 12.8 Å². The van der Waals surface area contributed by atoms with Gasteiger partial charge in [0.05, 0.1) is 40.6 Å². The first-order valence-electron chi connectivity index (χ1n) is 10.1. The van der Waals surface area contributed by atoms with Crippen molar-refractivity contribution in [1.29, 1.82) is 0 Å². The van der Waals surface area contributed by atoms with Gasteiger partial charge in [-0.1, -0.05) is 29.8 Å². The number of aromatic nitrogens is 3. The van der Waals surface area contributed by atoms with Gasteiger partial charge in [0.1, 0.15) is 5.82 Å². The van der Waals surface area contributed by atoms with E-state index in [2.05, 4.69) is 27.2 Å². The Morgan fingerprint density at radius 1 is 1.06 bits per heavy atom. The maximum Gasteiger partial charge on any atom is 0.255 e. The fraction of sp³-hybridized carbons (Fsp3) is 0.174. The van der Waals surface area contributed by atoms with Gasteiger partial charge in [-0.05, 0) is 31.0 Å². The second-order valence-electron chi connectivity index (χ2n) is 7.65. The van der Waals surface area contributed by atoms with Crippen molar-refractivity contribution in [3.63, 3.8) is 0 Å². The standard InChI is InChI=1S/C23H19ClFN5O3/c1-13-8-16(17(9-13)22(33)29-23-26-11-14(24)12-27-23)21(32)28-19-6-5-15(10-18(19)25)30-7-3-2-4-20(30)31/h2-7,10-12,16-17H,1,8-9H2,(H,28,32)(H,26,27,29,33)/t16-,17-/m0/s1. The number of rotatable bonds is 5. The van der Waals surface area contributed by atoms with Crippen LogP contribution >= 0.6 is 11.6 Å². The molecular formula is C23H19ClFN5O3. The summed E-state index contributed by atoms with van der Waals surface area (Å²) in [6.07, 6.45) is 4.82. The molecule has 33 heavy (non-hydrogen) atoms. The molecule has 4 rings (SSSR count). The number of hydrogen-bond acceptors (Lipinski definition) is 5. The van der Waals surface area contributed by atoms with Gasteiger partial charge in [0, 0.05) is 18.3 Å². The van der Waals surface area contributed by atoms with Crippen LogP contribution in [0.4, 0.5) is 16.0 Å². The number of benzene rings is 1. The van der Waals surface area contributed by atoms with E-state index in [0.717, 1.165) is 11.6 Å². The number of pyridine rings is 1. The first kappa shape index (κ1) is 22.3. The lowest BCUT2D eigenvalue weighted by Crippen LogP contribution is -2.33. The van der Waals surface area contributed by atoms with Gasteiger partial charge in [-0.2, -0.15) is 0 Å². The molecule has 168 valence electrons. The highest BCUT2D eigenvalue weighted by Gasteiger charge is 2.40. The Kier molecular flexibility index (Phi) is 6.32. The minimum atomic E-state index is -0.736. The van der Waals surface area contributed by atoms with Gasteiger partial charge in [0.25, 0.3) is 5.56 Å². The van der Waals surface area contributed by atoms with Crippen molar-refractivity contribution in [2.45, 2.75) is 12.8 Å². The third-order valence-electron chi connectivity index (χ3n) is 5.34. The zero-order chi connectivity index (χ0) is 23.5. The fourth-order valence-electron chi connectivity index (χ4n) is 3.74. The summed E-state index contributed by atoms with van der Waals surface area (Å²) < 4.78 is 16.0. The van der Waals surface area contributed by atoms with Crippen LogP contribution in [0.15, 0.2) is 71.9 Å². The zero-order valence-electron chi connectivity index (χ0n) is 17.3. The molecule has 8 nitrogen and oxygen atoms in total. The molecule has 0 spiro atoms. The van der Waals surface area contributed by atoms with E-state index in [9.17, 15) is 18.8 Å². The number of carbonyl (C=O) groups is 2. The summed E-state index contributed by atoms with van der Waals surface area (Å²) in [5, 5.41) is 5.45. The average Bonchev–Trinajstić information content (AvgIpc) is 3.19. The molecule has 2 atom stereocenters. The highest BCUT2D eigenvalue weighted by Crippen LogP contribution is 2.37. The Morgan fingerprint density at radius 2 is 1.73 bits per heavy atom. The molecule has 1 aliphatic rings. The highest BCUT2D eigenvalue weighted by atomic mass is 35.5. The minimum Gasteiger partial charge on any atom is -0.323 e. The summed E-state index contributed by atoms with van der Waals surface area (Å²) in [6.45, 7) is 3.90. The van der Waals surface area contributed by atoms with Gasteiger partial charge in [0.2, 0.25) is 17.8 Å². The summed E-state index contributed by atoms with van der Waals surface area (Å²) in [5.74, 6) is -3.02. The maximum atomic E-state index is 14.7. The molecule has 0 unspecified atom stereocenters. The van der Waals surface area contributed by atoms with E-state index in [0.29, 0.717) is 23.6 Å². The van der Waals surface area contributed by atoms with E-state index in [4.69, 9.17) is 11.6 Å². The molecule has 1 aromatic carbocycles. The predicted molar refractivity (Wildman–Crippen MR) is 122 cm³/mol. The fourth-order valence-corrected chi connectivity index (χ4v) is 3.84. The average molecular weight is 468 g/mol. The van der Waals surface area contributed by atoms with Gasteiger partial charge in [-0.3, -0.25) is 24.3 Å². The van der Waals surface area contributed by atoms with Crippen LogP contribution in [0.5, 0.6) is 0 Å². The number of carbonyl (C=O) groups excluding carboxylic acids is 2. The van der Waals surface area contributed by atoms with Gasteiger partial charge < -0.3 is 5.32 Å². The Hall–Kier alpha value is -3.85. The molecule has 0 saturated heterocycles. The third kappa shape index (κ3) is 4.98. The van der Waals surface area contributed by atoms with Crippen molar-refractivity contribution >= 4 is 35.1 Å². The number of allylic oxidation sites excluding steroid dienone is 1. The Balaban J connectivity index is 1.49. The van der Waals surface area contributed by atoms with Crippen LogP contribution in [0.3, 0.4) is 0 Å². The molecule has 1 saturated carbocycles. The number of nitrogens with zero attached hydrogens (tertiary/aromatic N) is 3. The monoisotopic (exact) mass is 467 g/mol. The Morgan fingerprint density at radius 3 is 2.36 bits per heavy atom. The highest BCUT2D eigenvalue weighted by molar-refractivity contribution is 6.30. The molecule has 0 aliphatic heterocycles. The van der Waals surface area contributed by atoms with Crippen LogP contribution in [0.25, 0.3) is 5.69 Å². The number of halogens is 2. The number of anilines is 2. The second kappa shape index (κ2) is 9.33. The lowest BCUT2D eigenvalue weighted by molar-refractivity contribution is -0.128. The Bertz CT molecular complexity index is 1290. The molecule has 10 heteroatoms. The normalized spacial score (nSPS) is 17.6. The summed E-state index contributed by atoms with van der Waals surface area (Å²) in [5.41, 5.74) is 0.708. The van der Waals surface area contributed by atoms with Crippen LogP contribution < -0.4 is 16.2 Å². The molecule has 2 heterocycles. The topological polar surface area (TPSA) is 106 Å². The summed E-state index contributed by atoms with van der Waals surface area (Å²) >= 11 is 5.75. The quantitative estimate of drug-likeness (QED) is 0.558. The van der Waals surface area contributed by atoms with Crippen molar-refractivity contribution in [1.82, 2.24) is 14.5 Å². The smallest absolute Gasteiger partial charge is 0.255 e. The molecular weight excluding hydrogens is 449 g/mol. The second-order valence-corrected chi connectivity index (χ2v) is 8.08. The number of amides is 2. The van der Waals surface area contributed by atoms with E-state index in [1.807, 2.05) is 0 Å². The molecule has 1 fully saturated rings. The lowest BCUT2D eigenvalue weighted by atomic mass is 9.94. The molecule has 2 amide bonds. The maximum absolute atomic E-state index is 14.7. The molecule has 0 radical (unpaired) electrons. The molecule has 0 bridgehead atoms. The van der Waals surface area contributed by atoms with Crippen LogP contribution in [0.2, 0.25) is 5.02 Å². The SMILES string of the molecule is C=C1C[C@H](C(=O)Nc2ncc(Cl)cn2)[C@@H](C(=O)Nc2ccc(-n3ccccc3=O)cc2F)C1. The largest absolute Gasteiger partial charge is 0.323 e. The van der Waals surface area contributed by atoms with Crippen molar-refractivity contribution in [3.05, 3.63) is 88.3 Å². The molecule has 2 aromatic heterocycles. The third-order valence-corrected chi connectivity index (χ3v) is 5.54. The van der Waals surface area contributed by atoms with Crippen LogP contribution in [-0.2, 0) is 9.59 Å². The molecule has 2 N–H and O–H groups in total. The van der Waals surface area contributed by atoms with Gasteiger partial charge >= 0.3 is 0 Å². The van der Waals surface area contributed by atoms with Crippen molar-refractivity contribution in [3.8, 4) is 5.69 Å². The number of nitrogens with one attached hydrogen (secondary N) is 2. The first-order chi connectivity index (χ1) is 15.8. The Labute approximate surface area is 193 Å². The predicted octanol–water partition coefficient (Wildman–Crippen LogP) is 3.58. The minimum absolute atomic E-state index is 0.0505. The van der Waals surface area contributed by atoms with E-state index in [1.54, 1.807) is 12.1 Å². The van der Waals surface area contributed by atoms with Gasteiger partial charge in [-0.25, -0.2) is 14.4 Å². The summed E-state index contributed by atoms with van der Waals surface area (Å²) in [4.78, 5) is 45.5. The number of hydrogen-bond donors (Lipinski definition) is 2. The van der Waals surface area contributed by atoms with Gasteiger partial charge in [-0.15, -0.1) is 0 Å². The van der Waals surface area contributed by atoms with Gasteiger partial charge in [0.15, 0.2) is 0 Å².